The van der Waals surface area contributed by atoms with Crippen molar-refractivity contribution in [1.29, 1.82) is 0 Å². The van der Waals surface area contributed by atoms with Crippen molar-refractivity contribution in [2.45, 2.75) is 32.9 Å². The summed E-state index contributed by atoms with van der Waals surface area (Å²) in [5, 5.41) is 14.3. The van der Waals surface area contributed by atoms with Crippen molar-refractivity contribution < 1.29 is 5.11 Å². The zero-order valence-corrected chi connectivity index (χ0v) is 19.0. The number of nitrogens with zero attached hydrogens (tertiary/aromatic N) is 3. The molecule has 1 fully saturated rings. The molecule has 0 aliphatic carbocycles. The standard InChI is InChI=1S/C27H29N5O/c1-17-22(5-3-7-24(17)28)23-6-4-8-25(18(23)2)31-27-26-20(9-11-29-27)13-19(14-30-26)15-32-12-10-21(33)16-32/h3-9,11,13-14,21,33H,10,12,15-16,28H2,1-2H3,(H,29,31)/t21-/m1/s1. The molecule has 0 spiro atoms. The Balaban J connectivity index is 1.45. The van der Waals surface area contributed by atoms with E-state index in [2.05, 4.69) is 59.4 Å². The molecule has 33 heavy (non-hydrogen) atoms. The van der Waals surface area contributed by atoms with Gasteiger partial charge in [0.05, 0.1) is 6.10 Å². The largest absolute Gasteiger partial charge is 0.398 e. The summed E-state index contributed by atoms with van der Waals surface area (Å²) in [7, 11) is 0. The van der Waals surface area contributed by atoms with Crippen LogP contribution in [0.25, 0.3) is 22.0 Å². The summed E-state index contributed by atoms with van der Waals surface area (Å²) in [6.45, 7) is 6.61. The molecule has 2 aromatic carbocycles. The van der Waals surface area contributed by atoms with Crippen LogP contribution >= 0.6 is 0 Å². The highest BCUT2D eigenvalue weighted by Gasteiger charge is 2.20. The molecular formula is C27H29N5O. The van der Waals surface area contributed by atoms with E-state index in [1.165, 1.54) is 0 Å². The third-order valence-corrected chi connectivity index (χ3v) is 6.56. The summed E-state index contributed by atoms with van der Waals surface area (Å²) < 4.78 is 0. The minimum atomic E-state index is -0.214. The summed E-state index contributed by atoms with van der Waals surface area (Å²) in [5.74, 6) is 0.736. The Morgan fingerprint density at radius 2 is 1.85 bits per heavy atom. The molecule has 0 amide bonds. The van der Waals surface area contributed by atoms with E-state index in [0.29, 0.717) is 0 Å². The predicted octanol–water partition coefficient (Wildman–Crippen LogP) is 4.81. The Morgan fingerprint density at radius 1 is 1.06 bits per heavy atom. The molecule has 6 nitrogen and oxygen atoms in total. The molecule has 168 valence electrons. The molecule has 4 aromatic rings. The SMILES string of the molecule is Cc1c(N)cccc1-c1cccc(Nc2nccc3cc(CN4CC[C@@H](O)C4)cnc23)c1C. The second-order valence-electron chi connectivity index (χ2n) is 8.88. The maximum absolute atomic E-state index is 9.79. The smallest absolute Gasteiger partial charge is 0.156 e. The van der Waals surface area contributed by atoms with Gasteiger partial charge in [0.2, 0.25) is 0 Å². The summed E-state index contributed by atoms with van der Waals surface area (Å²) in [6, 6.07) is 16.4. The monoisotopic (exact) mass is 439 g/mol. The van der Waals surface area contributed by atoms with Crippen LogP contribution in [0.3, 0.4) is 0 Å². The van der Waals surface area contributed by atoms with Gasteiger partial charge in [-0.2, -0.15) is 0 Å². The van der Waals surface area contributed by atoms with Gasteiger partial charge in [-0.15, -0.1) is 0 Å². The van der Waals surface area contributed by atoms with Gasteiger partial charge in [-0.3, -0.25) is 9.88 Å². The number of benzene rings is 2. The van der Waals surface area contributed by atoms with Crippen molar-refractivity contribution in [3.8, 4) is 11.1 Å². The van der Waals surface area contributed by atoms with Crippen LogP contribution in [-0.2, 0) is 6.54 Å². The number of hydrogen-bond donors (Lipinski definition) is 3. The van der Waals surface area contributed by atoms with E-state index < -0.39 is 0 Å². The number of fused-ring (bicyclic) bond motifs is 1. The number of anilines is 3. The molecule has 1 saturated heterocycles. The lowest BCUT2D eigenvalue weighted by atomic mass is 9.95. The zero-order valence-electron chi connectivity index (χ0n) is 19.0. The topological polar surface area (TPSA) is 87.3 Å². The highest BCUT2D eigenvalue weighted by Crippen LogP contribution is 2.34. The third kappa shape index (κ3) is 4.27. The average molecular weight is 440 g/mol. The number of hydrogen-bond acceptors (Lipinski definition) is 6. The van der Waals surface area contributed by atoms with Gasteiger partial charge < -0.3 is 16.2 Å². The maximum atomic E-state index is 9.79. The van der Waals surface area contributed by atoms with Crippen molar-refractivity contribution in [1.82, 2.24) is 14.9 Å². The number of likely N-dealkylation sites (tertiary alicyclic amines) is 1. The van der Waals surface area contributed by atoms with Gasteiger partial charge in [0.25, 0.3) is 0 Å². The van der Waals surface area contributed by atoms with E-state index in [-0.39, 0.29) is 6.10 Å². The lowest BCUT2D eigenvalue weighted by molar-refractivity contribution is 0.175. The normalized spacial score (nSPS) is 16.4. The summed E-state index contributed by atoms with van der Waals surface area (Å²) in [5.41, 5.74) is 14.4. The first kappa shape index (κ1) is 21.4. The van der Waals surface area contributed by atoms with Crippen LogP contribution in [-0.4, -0.2) is 39.2 Å². The minimum absolute atomic E-state index is 0.214. The van der Waals surface area contributed by atoms with Gasteiger partial charge in [0.15, 0.2) is 5.82 Å². The van der Waals surface area contributed by atoms with E-state index in [0.717, 1.165) is 82.0 Å². The van der Waals surface area contributed by atoms with Crippen molar-refractivity contribution in [3.63, 3.8) is 0 Å². The first-order valence-corrected chi connectivity index (χ1v) is 11.4. The van der Waals surface area contributed by atoms with E-state index in [1.807, 2.05) is 30.6 Å². The quantitative estimate of drug-likeness (QED) is 0.387. The average Bonchev–Trinajstić information content (AvgIpc) is 3.22. The number of rotatable bonds is 5. The molecule has 4 N–H and O–H groups in total. The van der Waals surface area contributed by atoms with Gasteiger partial charge in [0, 0.05) is 48.8 Å². The summed E-state index contributed by atoms with van der Waals surface area (Å²) >= 11 is 0. The van der Waals surface area contributed by atoms with E-state index >= 15 is 0 Å². The minimum Gasteiger partial charge on any atom is -0.398 e. The Hall–Kier alpha value is -3.48. The molecular weight excluding hydrogens is 410 g/mol. The number of nitrogens with one attached hydrogen (secondary N) is 1. The van der Waals surface area contributed by atoms with Crippen molar-refractivity contribution in [2.75, 3.05) is 24.1 Å². The van der Waals surface area contributed by atoms with Crippen molar-refractivity contribution >= 4 is 28.1 Å². The molecule has 1 atom stereocenters. The lowest BCUT2D eigenvalue weighted by Gasteiger charge is -2.17. The van der Waals surface area contributed by atoms with Crippen LogP contribution in [0.4, 0.5) is 17.2 Å². The second-order valence-corrected chi connectivity index (χ2v) is 8.88. The Kier molecular flexibility index (Phi) is 5.70. The highest BCUT2D eigenvalue weighted by atomic mass is 16.3. The second kappa shape index (κ2) is 8.81. The molecule has 5 rings (SSSR count). The maximum Gasteiger partial charge on any atom is 0.156 e. The molecule has 3 heterocycles. The molecule has 1 aliphatic rings. The fourth-order valence-corrected chi connectivity index (χ4v) is 4.63. The fourth-order valence-electron chi connectivity index (χ4n) is 4.63. The van der Waals surface area contributed by atoms with Crippen LogP contribution < -0.4 is 11.1 Å². The molecule has 0 unspecified atom stereocenters. The van der Waals surface area contributed by atoms with Gasteiger partial charge >= 0.3 is 0 Å². The number of aliphatic hydroxyl groups is 1. The predicted molar refractivity (Wildman–Crippen MR) is 134 cm³/mol. The van der Waals surface area contributed by atoms with Crippen LogP contribution in [0, 0.1) is 13.8 Å². The number of pyridine rings is 2. The first-order valence-electron chi connectivity index (χ1n) is 11.4. The number of nitrogen functional groups attached to an aromatic ring is 1. The highest BCUT2D eigenvalue weighted by molar-refractivity contribution is 5.91. The van der Waals surface area contributed by atoms with E-state index in [9.17, 15) is 5.11 Å². The molecule has 2 aromatic heterocycles. The third-order valence-electron chi connectivity index (χ3n) is 6.56. The number of β-amino-alcohol motifs (C(OH)–C–C–N with tert-alkyl or cyclic N) is 1. The molecule has 1 aliphatic heterocycles. The number of nitrogens with two attached hydrogens (primary N) is 1. The van der Waals surface area contributed by atoms with Gasteiger partial charge in [-0.05, 0) is 72.4 Å². The van der Waals surface area contributed by atoms with Crippen LogP contribution in [0.15, 0.2) is 60.9 Å². The molecule has 0 saturated carbocycles. The van der Waals surface area contributed by atoms with E-state index in [1.54, 1.807) is 0 Å². The summed E-state index contributed by atoms with van der Waals surface area (Å²) in [6.07, 6.45) is 4.36. The van der Waals surface area contributed by atoms with E-state index in [4.69, 9.17) is 10.7 Å². The van der Waals surface area contributed by atoms with Crippen LogP contribution in [0.5, 0.6) is 0 Å². The van der Waals surface area contributed by atoms with Gasteiger partial charge in [0.1, 0.15) is 5.52 Å². The Bertz CT molecular complexity index is 1320. The lowest BCUT2D eigenvalue weighted by Crippen LogP contribution is -2.21. The molecule has 0 radical (unpaired) electrons. The molecule has 6 heteroatoms. The first-order chi connectivity index (χ1) is 16.0. The van der Waals surface area contributed by atoms with Gasteiger partial charge in [-0.25, -0.2) is 4.98 Å². The summed E-state index contributed by atoms with van der Waals surface area (Å²) in [4.78, 5) is 11.6. The Labute approximate surface area is 194 Å². The van der Waals surface area contributed by atoms with Gasteiger partial charge in [-0.1, -0.05) is 24.3 Å². The molecule has 0 bridgehead atoms. The fraction of sp³-hybridized carbons (Fsp3) is 0.259. The van der Waals surface area contributed by atoms with Crippen molar-refractivity contribution in [2.24, 2.45) is 0 Å². The number of aromatic nitrogens is 2. The number of aliphatic hydroxyl groups excluding tert-OH is 1. The zero-order chi connectivity index (χ0) is 22.9. The van der Waals surface area contributed by atoms with Crippen LogP contribution in [0.2, 0.25) is 0 Å². The van der Waals surface area contributed by atoms with Crippen molar-refractivity contribution in [3.05, 3.63) is 77.6 Å². The van der Waals surface area contributed by atoms with Crippen LogP contribution in [0.1, 0.15) is 23.1 Å². The Morgan fingerprint density at radius 3 is 2.64 bits per heavy atom.